The Morgan fingerprint density at radius 1 is 1.32 bits per heavy atom. The summed E-state index contributed by atoms with van der Waals surface area (Å²) in [4.78, 5) is 12.7. The second kappa shape index (κ2) is 6.47. The number of Topliss-reactive ketones (excluding diaryl/α,β-unsaturated/α-hetero) is 1. The van der Waals surface area contributed by atoms with E-state index in [2.05, 4.69) is 6.58 Å². The third-order valence-corrected chi connectivity index (χ3v) is 7.02. The largest absolute Gasteiger partial charge is 0.493 e. The fourth-order valence-corrected chi connectivity index (χ4v) is 5.71. The number of ether oxygens (including phenoxy) is 4. The van der Waals surface area contributed by atoms with E-state index >= 15 is 0 Å². The Balaban J connectivity index is 1.93. The van der Waals surface area contributed by atoms with Crippen molar-refractivity contribution in [1.29, 1.82) is 0 Å². The van der Waals surface area contributed by atoms with Crippen LogP contribution < -0.4 is 14.2 Å². The fraction of sp³-hybridized carbons (Fsp3) is 0.571. The lowest BCUT2D eigenvalue weighted by atomic mass is 9.65. The lowest BCUT2D eigenvalue weighted by molar-refractivity contribution is -0.199. The maximum Gasteiger partial charge on any atom is 0.231 e. The number of hydrogen-bond donors (Lipinski definition) is 2. The third-order valence-electron chi connectivity index (χ3n) is 7.02. The predicted molar refractivity (Wildman–Crippen MR) is 99.6 cm³/mol. The van der Waals surface area contributed by atoms with E-state index in [-0.39, 0.29) is 24.9 Å². The Morgan fingerprint density at radius 2 is 2.07 bits per heavy atom. The van der Waals surface area contributed by atoms with Gasteiger partial charge in [0.05, 0.1) is 13.2 Å². The van der Waals surface area contributed by atoms with Crippen LogP contribution in [0.2, 0.25) is 0 Å². The van der Waals surface area contributed by atoms with Crippen molar-refractivity contribution in [2.45, 2.75) is 43.5 Å². The molecule has 0 spiro atoms. The predicted octanol–water partition coefficient (Wildman–Crippen LogP) is 1.80. The molecule has 7 nitrogen and oxygen atoms in total. The maximum absolute atomic E-state index is 12.7. The molecule has 7 heteroatoms. The summed E-state index contributed by atoms with van der Waals surface area (Å²) in [7, 11) is 2.97. The van der Waals surface area contributed by atoms with Crippen LogP contribution in [0.1, 0.15) is 31.2 Å². The lowest BCUT2D eigenvalue weighted by Gasteiger charge is -2.46. The number of benzene rings is 1. The minimum Gasteiger partial charge on any atom is -0.493 e. The van der Waals surface area contributed by atoms with Crippen LogP contribution in [0.4, 0.5) is 0 Å². The summed E-state index contributed by atoms with van der Waals surface area (Å²) < 4.78 is 22.3. The third kappa shape index (κ3) is 2.18. The van der Waals surface area contributed by atoms with Crippen molar-refractivity contribution >= 4 is 5.78 Å². The van der Waals surface area contributed by atoms with Crippen LogP contribution in [0.15, 0.2) is 24.8 Å². The summed E-state index contributed by atoms with van der Waals surface area (Å²) in [6, 6.07) is 3.63. The van der Waals surface area contributed by atoms with Crippen LogP contribution in [-0.4, -0.2) is 54.8 Å². The summed E-state index contributed by atoms with van der Waals surface area (Å²) in [6.07, 6.45) is -0.236. The van der Waals surface area contributed by atoms with Gasteiger partial charge in [0, 0.05) is 24.9 Å². The molecule has 152 valence electrons. The van der Waals surface area contributed by atoms with Gasteiger partial charge in [-0.1, -0.05) is 13.0 Å². The topological polar surface area (TPSA) is 94.5 Å². The molecule has 0 aromatic heterocycles. The number of aliphatic hydroxyl groups excluding tert-OH is 2. The first-order chi connectivity index (χ1) is 13.4. The van der Waals surface area contributed by atoms with Crippen molar-refractivity contribution in [2.75, 3.05) is 21.0 Å². The van der Waals surface area contributed by atoms with Crippen LogP contribution in [0.5, 0.6) is 17.2 Å². The zero-order valence-electron chi connectivity index (χ0n) is 16.3. The second-order valence-electron chi connectivity index (χ2n) is 7.96. The molecular formula is C21H26O7. The van der Waals surface area contributed by atoms with Gasteiger partial charge < -0.3 is 29.2 Å². The zero-order chi connectivity index (χ0) is 20.3. The van der Waals surface area contributed by atoms with Crippen LogP contribution >= 0.6 is 0 Å². The number of allylic oxidation sites excluding steroid dienone is 1. The zero-order valence-corrected chi connectivity index (χ0v) is 16.3. The quantitative estimate of drug-likeness (QED) is 0.741. The van der Waals surface area contributed by atoms with Gasteiger partial charge in [-0.2, -0.15) is 0 Å². The minimum atomic E-state index is -1.46. The Kier molecular flexibility index (Phi) is 4.45. The van der Waals surface area contributed by atoms with Crippen molar-refractivity contribution in [1.82, 2.24) is 0 Å². The molecule has 6 atom stereocenters. The monoisotopic (exact) mass is 390 g/mol. The van der Waals surface area contributed by atoms with E-state index in [0.29, 0.717) is 23.7 Å². The maximum atomic E-state index is 12.7. The number of rotatable bonds is 5. The second-order valence-corrected chi connectivity index (χ2v) is 7.96. The SMILES string of the molecule is C=CC[C@@]12CC(=O)[C@H](O)[C@@](OC)([C@H](c3cc(OC)c4c(c3)OCO4)[C@H]1C)[C@H]2O. The van der Waals surface area contributed by atoms with Crippen LogP contribution in [-0.2, 0) is 9.53 Å². The summed E-state index contributed by atoms with van der Waals surface area (Å²) >= 11 is 0. The summed E-state index contributed by atoms with van der Waals surface area (Å²) in [6.45, 7) is 5.90. The first-order valence-electron chi connectivity index (χ1n) is 9.39. The summed E-state index contributed by atoms with van der Waals surface area (Å²) in [5.41, 5.74) is -1.46. The van der Waals surface area contributed by atoms with Gasteiger partial charge in [-0.05, 0) is 30.0 Å². The van der Waals surface area contributed by atoms with E-state index in [4.69, 9.17) is 18.9 Å². The molecule has 2 fully saturated rings. The van der Waals surface area contributed by atoms with E-state index in [9.17, 15) is 15.0 Å². The number of ketones is 1. The molecule has 2 bridgehead atoms. The first kappa shape index (κ1) is 19.2. The smallest absolute Gasteiger partial charge is 0.231 e. The van der Waals surface area contributed by atoms with Gasteiger partial charge in [-0.15, -0.1) is 6.58 Å². The van der Waals surface area contributed by atoms with E-state index in [1.165, 1.54) is 14.2 Å². The van der Waals surface area contributed by atoms with Gasteiger partial charge in [0.15, 0.2) is 17.3 Å². The first-order valence-corrected chi connectivity index (χ1v) is 9.39. The molecule has 2 saturated carbocycles. The molecule has 0 radical (unpaired) electrons. The highest BCUT2D eigenvalue weighted by Crippen LogP contribution is 2.65. The molecule has 4 rings (SSSR count). The molecule has 3 aliphatic rings. The molecule has 28 heavy (non-hydrogen) atoms. The van der Waals surface area contributed by atoms with Gasteiger partial charge in [0.2, 0.25) is 12.5 Å². The van der Waals surface area contributed by atoms with Crippen molar-refractivity contribution in [2.24, 2.45) is 11.3 Å². The fourth-order valence-electron chi connectivity index (χ4n) is 5.71. The highest BCUT2D eigenvalue weighted by molar-refractivity contribution is 5.87. The van der Waals surface area contributed by atoms with Crippen molar-refractivity contribution in [3.05, 3.63) is 30.4 Å². The normalized spacial score (nSPS) is 38.5. The lowest BCUT2D eigenvalue weighted by Crippen LogP contribution is -2.63. The molecule has 1 aliphatic heterocycles. The van der Waals surface area contributed by atoms with E-state index < -0.39 is 29.1 Å². The summed E-state index contributed by atoms with van der Waals surface area (Å²) in [5, 5.41) is 22.3. The molecule has 2 N–H and O–H groups in total. The van der Waals surface area contributed by atoms with Crippen molar-refractivity contribution in [3.8, 4) is 17.2 Å². The minimum absolute atomic E-state index is 0.0752. The Labute approximate surface area is 163 Å². The van der Waals surface area contributed by atoms with Crippen molar-refractivity contribution in [3.63, 3.8) is 0 Å². The summed E-state index contributed by atoms with van der Waals surface area (Å²) in [5.74, 6) is 0.588. The molecule has 1 aromatic carbocycles. The Bertz CT molecular complexity index is 821. The Hall–Kier alpha value is -2.09. The van der Waals surface area contributed by atoms with Crippen molar-refractivity contribution < 1.29 is 34.0 Å². The number of hydrogen-bond acceptors (Lipinski definition) is 7. The van der Waals surface area contributed by atoms with Gasteiger partial charge in [0.1, 0.15) is 11.7 Å². The standard InChI is InChI=1S/C21H26O7/c1-5-6-20-9-13(22)18(23)21(26-4,19(20)24)16(11(20)2)12-7-14(25-3)17-15(8-12)27-10-28-17/h5,7-8,11,16,18-19,23-24H,1,6,9-10H2,2-4H3/t11-,16+,18+,19+,20-,21+/m1/s1. The van der Waals surface area contributed by atoms with Gasteiger partial charge in [-0.25, -0.2) is 0 Å². The number of methoxy groups -OCH3 is 2. The van der Waals surface area contributed by atoms with Crippen LogP contribution in [0, 0.1) is 11.3 Å². The van der Waals surface area contributed by atoms with Gasteiger partial charge in [-0.3, -0.25) is 4.79 Å². The average Bonchev–Trinajstić information content (AvgIpc) is 3.21. The van der Waals surface area contributed by atoms with Crippen LogP contribution in [0.25, 0.3) is 0 Å². The average molecular weight is 390 g/mol. The van der Waals surface area contributed by atoms with E-state index in [1.807, 2.05) is 19.1 Å². The molecule has 1 heterocycles. The molecule has 0 unspecified atom stereocenters. The molecule has 2 aliphatic carbocycles. The highest BCUT2D eigenvalue weighted by atomic mass is 16.7. The number of carbonyl (C=O) groups excluding carboxylic acids is 1. The molecule has 0 saturated heterocycles. The Morgan fingerprint density at radius 3 is 2.71 bits per heavy atom. The molecule has 0 amide bonds. The number of aliphatic hydroxyl groups is 2. The van der Waals surface area contributed by atoms with Crippen LogP contribution in [0.3, 0.4) is 0 Å². The number of carbonyl (C=O) groups is 1. The van der Waals surface area contributed by atoms with Gasteiger partial charge >= 0.3 is 0 Å². The van der Waals surface area contributed by atoms with E-state index in [1.54, 1.807) is 6.08 Å². The molecular weight excluding hydrogens is 364 g/mol. The van der Waals surface area contributed by atoms with Gasteiger partial charge in [0.25, 0.3) is 0 Å². The molecule has 1 aromatic rings. The number of fused-ring (bicyclic) bond motifs is 3. The highest BCUT2D eigenvalue weighted by Gasteiger charge is 2.73. The van der Waals surface area contributed by atoms with E-state index in [0.717, 1.165) is 5.56 Å².